The molecule has 0 spiro atoms. The molecule has 1 heterocycles. The van der Waals surface area contributed by atoms with E-state index in [0.717, 1.165) is 16.6 Å². The van der Waals surface area contributed by atoms with Crippen molar-refractivity contribution in [2.45, 2.75) is 71.5 Å². The van der Waals surface area contributed by atoms with Crippen LogP contribution >= 0.6 is 0 Å². The van der Waals surface area contributed by atoms with Crippen molar-refractivity contribution < 1.29 is 14.1 Å². The lowest BCUT2D eigenvalue weighted by Gasteiger charge is -2.32. The number of hydrogen-bond acceptors (Lipinski definition) is 3. The number of benzene rings is 1. The van der Waals surface area contributed by atoms with E-state index in [1.807, 2.05) is 25.1 Å². The number of carbonyl (C=O) groups is 1. The SMILES string of the molecule is Cc1cc(C(=O)CC2CCC2)ccc1B1OC(C)(C)C(C)(C)O1. The lowest BCUT2D eigenvalue weighted by atomic mass is 9.75. The monoisotopic (exact) mass is 314 g/mol. The van der Waals surface area contributed by atoms with Crippen molar-refractivity contribution in [3.63, 3.8) is 0 Å². The molecule has 1 aromatic carbocycles. The van der Waals surface area contributed by atoms with Crippen molar-refractivity contribution >= 4 is 18.4 Å². The number of ketones is 1. The van der Waals surface area contributed by atoms with E-state index in [4.69, 9.17) is 9.31 Å². The van der Waals surface area contributed by atoms with Gasteiger partial charge in [0.15, 0.2) is 5.78 Å². The van der Waals surface area contributed by atoms with Gasteiger partial charge in [-0.15, -0.1) is 0 Å². The summed E-state index contributed by atoms with van der Waals surface area (Å²) in [4.78, 5) is 12.4. The lowest BCUT2D eigenvalue weighted by molar-refractivity contribution is 0.00578. The Kier molecular flexibility index (Phi) is 4.18. The first-order valence-corrected chi connectivity index (χ1v) is 8.69. The van der Waals surface area contributed by atoms with E-state index < -0.39 is 0 Å². The quantitative estimate of drug-likeness (QED) is 0.628. The van der Waals surface area contributed by atoms with E-state index in [0.29, 0.717) is 12.3 Å². The van der Waals surface area contributed by atoms with Crippen LogP contribution in [-0.4, -0.2) is 24.1 Å². The van der Waals surface area contributed by atoms with Crippen molar-refractivity contribution in [1.29, 1.82) is 0 Å². The van der Waals surface area contributed by atoms with Gasteiger partial charge in [0.25, 0.3) is 0 Å². The molecule has 1 aliphatic carbocycles. The Bertz CT molecular complexity index is 601. The molecule has 0 amide bonds. The van der Waals surface area contributed by atoms with Crippen LogP contribution in [0.15, 0.2) is 18.2 Å². The van der Waals surface area contributed by atoms with Gasteiger partial charge in [-0.3, -0.25) is 4.79 Å². The molecule has 2 aliphatic rings. The maximum absolute atomic E-state index is 12.4. The molecule has 0 unspecified atom stereocenters. The fourth-order valence-electron chi connectivity index (χ4n) is 3.16. The Morgan fingerprint density at radius 3 is 2.26 bits per heavy atom. The van der Waals surface area contributed by atoms with E-state index >= 15 is 0 Å². The van der Waals surface area contributed by atoms with Gasteiger partial charge in [-0.05, 0) is 52.1 Å². The van der Waals surface area contributed by atoms with Crippen LogP contribution in [0.4, 0.5) is 0 Å². The Morgan fingerprint density at radius 1 is 1.17 bits per heavy atom. The number of rotatable bonds is 4. The summed E-state index contributed by atoms with van der Waals surface area (Å²) in [6.45, 7) is 10.2. The zero-order chi connectivity index (χ0) is 16.8. The molecule has 1 saturated carbocycles. The Balaban J connectivity index is 1.76. The van der Waals surface area contributed by atoms with Crippen molar-refractivity contribution in [1.82, 2.24) is 0 Å². The molecule has 0 aromatic heterocycles. The summed E-state index contributed by atoms with van der Waals surface area (Å²) >= 11 is 0. The molecule has 0 bridgehead atoms. The zero-order valence-corrected chi connectivity index (χ0v) is 14.9. The van der Waals surface area contributed by atoms with Crippen LogP contribution in [-0.2, 0) is 9.31 Å². The van der Waals surface area contributed by atoms with Gasteiger partial charge in [-0.2, -0.15) is 0 Å². The van der Waals surface area contributed by atoms with Crippen LogP contribution in [0.1, 0.15) is 69.3 Å². The van der Waals surface area contributed by atoms with E-state index in [9.17, 15) is 4.79 Å². The maximum Gasteiger partial charge on any atom is 0.495 e. The summed E-state index contributed by atoms with van der Waals surface area (Å²) in [5.74, 6) is 0.865. The first kappa shape index (κ1) is 16.7. The average Bonchev–Trinajstić information content (AvgIpc) is 2.62. The molecule has 0 radical (unpaired) electrons. The standard InChI is InChI=1S/C19H27BO3/c1-13-11-15(17(21)12-14-7-6-8-14)9-10-16(13)20-22-18(2,3)19(4,5)23-20/h9-11,14H,6-8,12H2,1-5H3. The third kappa shape index (κ3) is 3.11. The third-order valence-corrected chi connectivity index (χ3v) is 5.80. The second-order valence-electron chi connectivity index (χ2n) is 8.08. The molecule has 1 aliphatic heterocycles. The molecule has 0 N–H and O–H groups in total. The molecule has 3 rings (SSSR count). The molecule has 0 atom stereocenters. The van der Waals surface area contributed by atoms with Gasteiger partial charge in [0.05, 0.1) is 11.2 Å². The van der Waals surface area contributed by atoms with Gasteiger partial charge >= 0.3 is 7.12 Å². The van der Waals surface area contributed by atoms with E-state index in [-0.39, 0.29) is 24.1 Å². The van der Waals surface area contributed by atoms with Crippen molar-refractivity contribution in [2.24, 2.45) is 5.92 Å². The van der Waals surface area contributed by atoms with Crippen LogP contribution in [0.5, 0.6) is 0 Å². The minimum atomic E-state index is -0.365. The fourth-order valence-corrected chi connectivity index (χ4v) is 3.16. The highest BCUT2D eigenvalue weighted by Gasteiger charge is 2.52. The highest BCUT2D eigenvalue weighted by molar-refractivity contribution is 6.62. The molecule has 3 nitrogen and oxygen atoms in total. The normalized spacial score (nSPS) is 22.9. The van der Waals surface area contributed by atoms with E-state index in [1.165, 1.54) is 19.3 Å². The maximum atomic E-state index is 12.4. The largest absolute Gasteiger partial charge is 0.495 e. The molecule has 1 saturated heterocycles. The first-order chi connectivity index (χ1) is 10.7. The van der Waals surface area contributed by atoms with Crippen molar-refractivity contribution in [2.75, 3.05) is 0 Å². The molecule has 1 aromatic rings. The highest BCUT2D eigenvalue weighted by Crippen LogP contribution is 2.36. The topological polar surface area (TPSA) is 35.5 Å². The Labute approximate surface area is 139 Å². The Morgan fingerprint density at radius 2 is 1.78 bits per heavy atom. The van der Waals surface area contributed by atoms with Gasteiger partial charge in [-0.1, -0.05) is 37.0 Å². The number of carbonyl (C=O) groups excluding carboxylic acids is 1. The van der Waals surface area contributed by atoms with Crippen LogP contribution in [0.25, 0.3) is 0 Å². The van der Waals surface area contributed by atoms with Crippen LogP contribution in [0, 0.1) is 12.8 Å². The highest BCUT2D eigenvalue weighted by atomic mass is 16.7. The molecule has 2 fully saturated rings. The smallest absolute Gasteiger partial charge is 0.399 e. The van der Waals surface area contributed by atoms with Gasteiger partial charge < -0.3 is 9.31 Å². The average molecular weight is 314 g/mol. The predicted octanol–water partition coefficient (Wildman–Crippen LogP) is 3.67. The Hall–Kier alpha value is -1.13. The van der Waals surface area contributed by atoms with Crippen LogP contribution in [0.3, 0.4) is 0 Å². The number of aryl methyl sites for hydroxylation is 1. The summed E-state index contributed by atoms with van der Waals surface area (Å²) in [6, 6.07) is 5.90. The predicted molar refractivity (Wildman–Crippen MR) is 93.2 cm³/mol. The van der Waals surface area contributed by atoms with Crippen LogP contribution in [0.2, 0.25) is 0 Å². The molecular formula is C19H27BO3. The zero-order valence-electron chi connectivity index (χ0n) is 14.9. The van der Waals surface area contributed by atoms with Gasteiger partial charge in [0.2, 0.25) is 0 Å². The van der Waals surface area contributed by atoms with Gasteiger partial charge in [0.1, 0.15) is 0 Å². The second-order valence-corrected chi connectivity index (χ2v) is 8.08. The summed E-state index contributed by atoms with van der Waals surface area (Å²) < 4.78 is 12.2. The summed E-state index contributed by atoms with van der Waals surface area (Å²) in [7, 11) is -0.365. The summed E-state index contributed by atoms with van der Waals surface area (Å²) in [5.41, 5.74) is 2.20. The third-order valence-electron chi connectivity index (χ3n) is 5.80. The molecule has 124 valence electrons. The minimum absolute atomic E-state index is 0.262. The van der Waals surface area contributed by atoms with E-state index in [2.05, 4.69) is 27.7 Å². The van der Waals surface area contributed by atoms with Gasteiger partial charge in [0, 0.05) is 12.0 Å². The number of Topliss-reactive ketones (excluding diaryl/α,β-unsaturated/α-hetero) is 1. The summed E-state index contributed by atoms with van der Waals surface area (Å²) in [6.07, 6.45) is 4.38. The minimum Gasteiger partial charge on any atom is -0.399 e. The van der Waals surface area contributed by atoms with Crippen molar-refractivity contribution in [3.8, 4) is 0 Å². The number of hydrogen-bond donors (Lipinski definition) is 0. The van der Waals surface area contributed by atoms with E-state index in [1.54, 1.807) is 0 Å². The molecule has 23 heavy (non-hydrogen) atoms. The lowest BCUT2D eigenvalue weighted by Crippen LogP contribution is -2.41. The molecule has 4 heteroatoms. The van der Waals surface area contributed by atoms with Gasteiger partial charge in [-0.25, -0.2) is 0 Å². The second kappa shape index (κ2) is 5.75. The fraction of sp³-hybridized carbons (Fsp3) is 0.632. The summed E-state index contributed by atoms with van der Waals surface area (Å²) in [5, 5.41) is 0. The van der Waals surface area contributed by atoms with Crippen LogP contribution < -0.4 is 5.46 Å². The van der Waals surface area contributed by atoms with Crippen molar-refractivity contribution in [3.05, 3.63) is 29.3 Å². The molecular weight excluding hydrogens is 287 g/mol. The first-order valence-electron chi connectivity index (χ1n) is 8.69.